The Morgan fingerprint density at radius 2 is 1.66 bits per heavy atom. The molecule has 0 radical (unpaired) electrons. The highest BCUT2D eigenvalue weighted by atomic mass is 16.7. The van der Waals surface area contributed by atoms with Crippen molar-refractivity contribution >= 4 is 39.0 Å². The van der Waals surface area contributed by atoms with E-state index in [4.69, 9.17) is 24.0 Å². The lowest BCUT2D eigenvalue weighted by atomic mass is 10.2. The average Bonchev–Trinajstić information content (AvgIpc) is 3.74. The van der Waals surface area contributed by atoms with E-state index in [1.54, 1.807) is 12.3 Å². The normalized spacial score (nSPS) is 12.8. The van der Waals surface area contributed by atoms with Gasteiger partial charge < -0.3 is 18.5 Å². The quantitative estimate of drug-likeness (QED) is 0.236. The molecule has 0 atom stereocenters. The van der Waals surface area contributed by atoms with Crippen LogP contribution in [0.3, 0.4) is 0 Å². The number of ether oxygens (including phenoxy) is 2. The van der Waals surface area contributed by atoms with Crippen molar-refractivity contribution in [2.75, 3.05) is 6.79 Å². The van der Waals surface area contributed by atoms with Crippen LogP contribution < -0.4 is 15.0 Å². The van der Waals surface area contributed by atoms with Crippen molar-refractivity contribution in [3.05, 3.63) is 125 Å². The molecule has 198 valence electrons. The number of benzene rings is 4. The van der Waals surface area contributed by atoms with E-state index in [1.807, 2.05) is 85.1 Å². The third kappa shape index (κ3) is 3.96. The van der Waals surface area contributed by atoms with Gasteiger partial charge in [-0.15, -0.1) is 0 Å². The number of aromatic nitrogens is 3. The van der Waals surface area contributed by atoms with Crippen molar-refractivity contribution in [1.29, 1.82) is 0 Å². The van der Waals surface area contributed by atoms with E-state index in [1.165, 1.54) is 4.68 Å². The lowest BCUT2D eigenvalue weighted by Gasteiger charge is -2.07. The molecular weight excluding hydrogens is 516 g/mol. The van der Waals surface area contributed by atoms with E-state index in [9.17, 15) is 4.79 Å². The molecule has 7 aromatic rings. The van der Waals surface area contributed by atoms with E-state index < -0.39 is 0 Å². The van der Waals surface area contributed by atoms with Crippen LogP contribution in [0.1, 0.15) is 11.1 Å². The minimum Gasteiger partial charge on any atom is -0.454 e. The molecule has 0 bridgehead atoms. The summed E-state index contributed by atoms with van der Waals surface area (Å²) in [4.78, 5) is 18.5. The third-order valence-electron chi connectivity index (χ3n) is 7.32. The van der Waals surface area contributed by atoms with E-state index in [0.29, 0.717) is 34.6 Å². The van der Waals surface area contributed by atoms with E-state index in [0.717, 1.165) is 38.9 Å². The summed E-state index contributed by atoms with van der Waals surface area (Å²) in [6.45, 7) is 0.873. The van der Waals surface area contributed by atoms with Gasteiger partial charge in [0.15, 0.2) is 17.3 Å². The summed E-state index contributed by atoms with van der Waals surface area (Å²) in [6, 6.07) is 31.0. The van der Waals surface area contributed by atoms with Gasteiger partial charge in [0.05, 0.1) is 17.1 Å². The Bertz CT molecular complexity index is 2170. The fraction of sp³-hybridized carbons (Fsp3) is 0.0606. The Morgan fingerprint density at radius 1 is 0.854 bits per heavy atom. The number of para-hydroxylation sites is 3. The molecule has 0 unspecified atom stereocenters. The predicted octanol–water partition coefficient (Wildman–Crippen LogP) is 6.42. The van der Waals surface area contributed by atoms with Crippen LogP contribution in [0.5, 0.6) is 11.5 Å². The number of hydrogen-bond acceptors (Lipinski definition) is 6. The summed E-state index contributed by atoms with van der Waals surface area (Å²) < 4.78 is 20.6. The van der Waals surface area contributed by atoms with Crippen LogP contribution in [0.4, 0.5) is 0 Å². The molecule has 1 aliphatic rings. The Hall–Kier alpha value is -5.63. The summed E-state index contributed by atoms with van der Waals surface area (Å²) in [5.74, 6) is 2.32. The summed E-state index contributed by atoms with van der Waals surface area (Å²) in [5.41, 5.74) is 4.03. The molecule has 0 saturated carbocycles. The molecule has 0 saturated heterocycles. The predicted molar refractivity (Wildman–Crippen MR) is 158 cm³/mol. The van der Waals surface area contributed by atoms with Gasteiger partial charge in [-0.1, -0.05) is 54.6 Å². The second kappa shape index (κ2) is 9.24. The number of furan rings is 1. The van der Waals surface area contributed by atoms with Crippen molar-refractivity contribution in [2.45, 2.75) is 6.54 Å². The van der Waals surface area contributed by atoms with Crippen LogP contribution in [-0.2, 0) is 6.54 Å². The first-order valence-electron chi connectivity index (χ1n) is 13.2. The van der Waals surface area contributed by atoms with Crippen molar-refractivity contribution in [3.8, 4) is 23.1 Å². The maximum atomic E-state index is 13.7. The number of hydrogen-bond donors (Lipinski definition) is 0. The van der Waals surface area contributed by atoms with Crippen LogP contribution in [0.15, 0.2) is 118 Å². The van der Waals surface area contributed by atoms with Crippen molar-refractivity contribution in [1.82, 2.24) is 14.2 Å². The van der Waals surface area contributed by atoms with Gasteiger partial charge in [0, 0.05) is 34.6 Å². The lowest BCUT2D eigenvalue weighted by Crippen LogP contribution is -2.20. The van der Waals surface area contributed by atoms with Crippen molar-refractivity contribution in [3.63, 3.8) is 0 Å². The summed E-state index contributed by atoms with van der Waals surface area (Å²) >= 11 is 0. The smallest absolute Gasteiger partial charge is 0.282 e. The van der Waals surface area contributed by atoms with Crippen molar-refractivity contribution in [2.24, 2.45) is 5.10 Å². The number of nitrogens with zero attached hydrogens (tertiary/aromatic N) is 4. The van der Waals surface area contributed by atoms with Crippen LogP contribution in [0, 0.1) is 0 Å². The molecule has 41 heavy (non-hydrogen) atoms. The molecule has 0 amide bonds. The highest BCUT2D eigenvalue weighted by molar-refractivity contribution is 5.99. The van der Waals surface area contributed by atoms with Gasteiger partial charge in [-0.2, -0.15) is 9.78 Å². The molecule has 0 spiro atoms. The van der Waals surface area contributed by atoms with Gasteiger partial charge in [0.1, 0.15) is 5.58 Å². The minimum atomic E-state index is -0.272. The van der Waals surface area contributed by atoms with Gasteiger partial charge in [-0.05, 0) is 48.0 Å². The molecule has 4 heterocycles. The second-order valence-electron chi connectivity index (χ2n) is 9.88. The van der Waals surface area contributed by atoms with Gasteiger partial charge in [-0.3, -0.25) is 4.79 Å². The van der Waals surface area contributed by atoms with Crippen LogP contribution in [0.2, 0.25) is 0 Å². The minimum absolute atomic E-state index is 0.241. The van der Waals surface area contributed by atoms with E-state index in [2.05, 4.69) is 16.7 Å². The molecule has 0 N–H and O–H groups in total. The largest absolute Gasteiger partial charge is 0.454 e. The maximum Gasteiger partial charge on any atom is 0.282 e. The molecule has 0 aliphatic carbocycles. The third-order valence-corrected chi connectivity index (χ3v) is 7.32. The molecule has 1 aliphatic heterocycles. The molecule has 8 rings (SSSR count). The SMILES string of the molecule is O=c1c2ccccc2nc(-c2cc3ccccc3o2)n1N=Cc1cn(Cc2ccc3c(c2)OCO3)c2ccccc12. The van der Waals surface area contributed by atoms with Crippen molar-refractivity contribution < 1.29 is 13.9 Å². The van der Waals surface area contributed by atoms with Crippen LogP contribution in [-0.4, -0.2) is 27.2 Å². The molecular formula is C33H22N4O4. The summed E-state index contributed by atoms with van der Waals surface area (Å²) in [6.07, 6.45) is 3.75. The first kappa shape index (κ1) is 23.3. The van der Waals surface area contributed by atoms with Gasteiger partial charge in [0.2, 0.25) is 12.6 Å². The Kier molecular flexibility index (Phi) is 5.24. The zero-order valence-electron chi connectivity index (χ0n) is 21.7. The van der Waals surface area contributed by atoms with Gasteiger partial charge >= 0.3 is 0 Å². The zero-order chi connectivity index (χ0) is 27.3. The maximum absolute atomic E-state index is 13.7. The fourth-order valence-corrected chi connectivity index (χ4v) is 5.35. The molecule has 0 fully saturated rings. The Labute approximate surface area is 233 Å². The number of rotatable bonds is 5. The van der Waals surface area contributed by atoms with E-state index in [-0.39, 0.29) is 12.4 Å². The Morgan fingerprint density at radius 3 is 2.59 bits per heavy atom. The topological polar surface area (TPSA) is 83.8 Å². The number of fused-ring (bicyclic) bond motifs is 4. The lowest BCUT2D eigenvalue weighted by molar-refractivity contribution is 0.174. The second-order valence-corrected chi connectivity index (χ2v) is 9.88. The molecule has 3 aromatic heterocycles. The monoisotopic (exact) mass is 538 g/mol. The summed E-state index contributed by atoms with van der Waals surface area (Å²) in [7, 11) is 0. The molecule has 4 aromatic carbocycles. The highest BCUT2D eigenvalue weighted by Crippen LogP contribution is 2.33. The first-order valence-corrected chi connectivity index (χ1v) is 13.2. The van der Waals surface area contributed by atoms with Crippen LogP contribution in [0.25, 0.3) is 44.4 Å². The Balaban J connectivity index is 1.25. The first-order chi connectivity index (χ1) is 20.2. The molecule has 8 heteroatoms. The average molecular weight is 539 g/mol. The standard InChI is InChI=1S/C33H22N4O4/c38-33-25-9-2-4-10-26(25)35-32(31-16-22-7-1-6-12-28(22)41-31)37(33)34-17-23-19-36(27-11-5-3-8-24(23)27)18-21-13-14-29-30(15-21)40-20-39-29/h1-17,19H,18,20H2. The highest BCUT2D eigenvalue weighted by Gasteiger charge is 2.17. The van der Waals surface area contributed by atoms with Gasteiger partial charge in [-0.25, -0.2) is 4.98 Å². The van der Waals surface area contributed by atoms with Gasteiger partial charge in [0.25, 0.3) is 5.56 Å². The van der Waals surface area contributed by atoms with Crippen LogP contribution >= 0.6 is 0 Å². The molecule has 8 nitrogen and oxygen atoms in total. The van der Waals surface area contributed by atoms with E-state index >= 15 is 0 Å². The zero-order valence-corrected chi connectivity index (χ0v) is 21.7. The summed E-state index contributed by atoms with van der Waals surface area (Å²) in [5, 5.41) is 7.12. The fourth-order valence-electron chi connectivity index (χ4n) is 5.35.